The third kappa shape index (κ3) is 3.62. The molecule has 0 saturated carbocycles. The number of hydrogen-bond acceptors (Lipinski definition) is 3. The van der Waals surface area contributed by atoms with Gasteiger partial charge < -0.3 is 15.2 Å². The summed E-state index contributed by atoms with van der Waals surface area (Å²) in [6.45, 7) is 0.0342. The zero-order valence-electron chi connectivity index (χ0n) is 11.3. The lowest BCUT2D eigenvalue weighted by Gasteiger charge is -2.15. The summed E-state index contributed by atoms with van der Waals surface area (Å²) >= 11 is 5.94. The Morgan fingerprint density at radius 2 is 1.90 bits per heavy atom. The molecule has 0 unspecified atom stereocenters. The number of hydrogen-bond donors (Lipinski definition) is 1. The summed E-state index contributed by atoms with van der Waals surface area (Å²) in [5, 5.41) is 0.455. The first-order valence-corrected chi connectivity index (χ1v) is 6.56. The van der Waals surface area contributed by atoms with Crippen LogP contribution in [0.5, 0.6) is 11.5 Å². The summed E-state index contributed by atoms with van der Waals surface area (Å²) in [6.07, 6.45) is 0. The number of methoxy groups -OCH3 is 1. The molecule has 0 aliphatic rings. The summed E-state index contributed by atoms with van der Waals surface area (Å²) in [6, 6.07) is 6.39. The first-order chi connectivity index (χ1) is 10.0. The van der Waals surface area contributed by atoms with Crippen molar-refractivity contribution in [1.29, 1.82) is 0 Å². The second-order valence-corrected chi connectivity index (χ2v) is 4.76. The van der Waals surface area contributed by atoms with Crippen LogP contribution in [0.25, 0.3) is 0 Å². The van der Waals surface area contributed by atoms with Crippen LogP contribution >= 0.6 is 11.6 Å². The van der Waals surface area contributed by atoms with E-state index in [1.54, 1.807) is 12.1 Å². The molecular weight excluding hydrogens is 300 g/mol. The number of halogens is 3. The minimum atomic E-state index is -0.543. The van der Waals surface area contributed by atoms with E-state index in [2.05, 4.69) is 0 Å². The van der Waals surface area contributed by atoms with Gasteiger partial charge in [0.2, 0.25) is 0 Å². The number of rotatable bonds is 5. The Balaban J connectivity index is 2.29. The normalized spacial score (nSPS) is 10.5. The lowest BCUT2D eigenvalue weighted by molar-refractivity contribution is 0.276. The first-order valence-electron chi connectivity index (χ1n) is 6.18. The lowest BCUT2D eigenvalue weighted by atomic mass is 10.1. The molecule has 0 aliphatic heterocycles. The highest BCUT2D eigenvalue weighted by Gasteiger charge is 2.13. The van der Waals surface area contributed by atoms with Gasteiger partial charge in [-0.1, -0.05) is 11.6 Å². The van der Waals surface area contributed by atoms with Crippen molar-refractivity contribution in [3.05, 3.63) is 58.1 Å². The predicted molar refractivity (Wildman–Crippen MR) is 76.6 cm³/mol. The Bertz CT molecular complexity index is 625. The third-order valence-electron chi connectivity index (χ3n) is 2.92. The Labute approximate surface area is 126 Å². The average Bonchev–Trinajstić information content (AvgIpc) is 2.48. The van der Waals surface area contributed by atoms with Crippen LogP contribution in [0.3, 0.4) is 0 Å². The van der Waals surface area contributed by atoms with E-state index in [9.17, 15) is 8.78 Å². The molecule has 2 N–H and O–H groups in total. The van der Waals surface area contributed by atoms with Gasteiger partial charge in [0, 0.05) is 28.8 Å². The van der Waals surface area contributed by atoms with E-state index in [-0.39, 0.29) is 18.7 Å². The number of benzene rings is 2. The van der Waals surface area contributed by atoms with Crippen molar-refractivity contribution in [2.24, 2.45) is 5.73 Å². The van der Waals surface area contributed by atoms with Crippen LogP contribution in [-0.2, 0) is 13.2 Å². The van der Waals surface area contributed by atoms with Crippen LogP contribution in [0.2, 0.25) is 5.02 Å². The van der Waals surface area contributed by atoms with Crippen molar-refractivity contribution in [2.75, 3.05) is 7.11 Å². The quantitative estimate of drug-likeness (QED) is 0.916. The molecule has 0 atom stereocenters. The third-order valence-corrected chi connectivity index (χ3v) is 3.13. The van der Waals surface area contributed by atoms with E-state index < -0.39 is 11.6 Å². The molecule has 2 aromatic carbocycles. The van der Waals surface area contributed by atoms with Crippen molar-refractivity contribution < 1.29 is 18.3 Å². The van der Waals surface area contributed by atoms with E-state index in [0.29, 0.717) is 22.1 Å². The molecule has 6 heteroatoms. The van der Waals surface area contributed by atoms with Crippen LogP contribution < -0.4 is 15.2 Å². The van der Waals surface area contributed by atoms with E-state index in [4.69, 9.17) is 26.8 Å². The van der Waals surface area contributed by atoms with Crippen LogP contribution in [0.1, 0.15) is 11.1 Å². The second-order valence-electron chi connectivity index (χ2n) is 4.32. The van der Waals surface area contributed by atoms with Gasteiger partial charge in [-0.15, -0.1) is 0 Å². The van der Waals surface area contributed by atoms with Crippen LogP contribution in [0.15, 0.2) is 30.3 Å². The predicted octanol–water partition coefficient (Wildman–Crippen LogP) is 3.66. The summed E-state index contributed by atoms with van der Waals surface area (Å²) in [5.41, 5.74) is 6.37. The van der Waals surface area contributed by atoms with Crippen molar-refractivity contribution in [1.82, 2.24) is 0 Å². The molecule has 0 radical (unpaired) electrons. The molecule has 0 saturated heterocycles. The molecule has 0 heterocycles. The van der Waals surface area contributed by atoms with Crippen molar-refractivity contribution in [2.45, 2.75) is 13.2 Å². The molecular formula is C15H14ClF2NO2. The highest BCUT2D eigenvalue weighted by Crippen LogP contribution is 2.35. The van der Waals surface area contributed by atoms with Gasteiger partial charge in [0.15, 0.2) is 11.5 Å². The minimum absolute atomic E-state index is 0.106. The summed E-state index contributed by atoms with van der Waals surface area (Å²) in [4.78, 5) is 0. The minimum Gasteiger partial charge on any atom is -0.493 e. The van der Waals surface area contributed by atoms with Gasteiger partial charge >= 0.3 is 0 Å². The Hall–Kier alpha value is -1.85. The number of ether oxygens (including phenoxy) is 2. The SMILES string of the molecule is COc1cc(Cl)cc(CN)c1OCc1cc(F)ccc1F. The summed E-state index contributed by atoms with van der Waals surface area (Å²) < 4.78 is 37.4. The molecule has 2 aromatic rings. The topological polar surface area (TPSA) is 44.5 Å². The highest BCUT2D eigenvalue weighted by molar-refractivity contribution is 6.30. The monoisotopic (exact) mass is 313 g/mol. The molecule has 0 amide bonds. The molecule has 2 rings (SSSR count). The van der Waals surface area contributed by atoms with Gasteiger partial charge in [0.1, 0.15) is 18.2 Å². The maximum absolute atomic E-state index is 13.6. The first kappa shape index (κ1) is 15.5. The zero-order chi connectivity index (χ0) is 15.4. The van der Waals surface area contributed by atoms with Crippen molar-refractivity contribution in [3.63, 3.8) is 0 Å². The standard InChI is InChI=1S/C15H14ClF2NO2/c1-20-14-6-11(16)4-9(7-19)15(14)21-8-10-5-12(17)2-3-13(10)18/h2-6H,7-8,19H2,1H3. The largest absolute Gasteiger partial charge is 0.493 e. The van der Waals surface area contributed by atoms with Gasteiger partial charge in [-0.05, 0) is 24.3 Å². The van der Waals surface area contributed by atoms with Crippen LogP contribution in [-0.4, -0.2) is 7.11 Å². The van der Waals surface area contributed by atoms with E-state index in [0.717, 1.165) is 18.2 Å². The van der Waals surface area contributed by atoms with E-state index >= 15 is 0 Å². The molecule has 3 nitrogen and oxygen atoms in total. The molecule has 0 bridgehead atoms. The summed E-state index contributed by atoms with van der Waals surface area (Å²) in [5.74, 6) is -0.316. The van der Waals surface area contributed by atoms with Crippen molar-refractivity contribution >= 4 is 11.6 Å². The molecule has 0 spiro atoms. The van der Waals surface area contributed by atoms with E-state index in [1.165, 1.54) is 7.11 Å². The molecule has 21 heavy (non-hydrogen) atoms. The smallest absolute Gasteiger partial charge is 0.166 e. The van der Waals surface area contributed by atoms with Gasteiger partial charge in [-0.25, -0.2) is 8.78 Å². The fourth-order valence-electron chi connectivity index (χ4n) is 1.89. The lowest BCUT2D eigenvalue weighted by Crippen LogP contribution is -2.06. The van der Waals surface area contributed by atoms with Crippen molar-refractivity contribution in [3.8, 4) is 11.5 Å². The second kappa shape index (κ2) is 6.74. The fraction of sp³-hybridized carbons (Fsp3) is 0.200. The average molecular weight is 314 g/mol. The molecule has 0 aliphatic carbocycles. The number of nitrogens with two attached hydrogens (primary N) is 1. The van der Waals surface area contributed by atoms with Crippen LogP contribution in [0.4, 0.5) is 8.78 Å². The van der Waals surface area contributed by atoms with Gasteiger partial charge in [-0.3, -0.25) is 0 Å². The Kier molecular flexibility index (Phi) is 4.98. The molecule has 112 valence electrons. The van der Waals surface area contributed by atoms with Gasteiger partial charge in [0.25, 0.3) is 0 Å². The maximum Gasteiger partial charge on any atom is 0.166 e. The highest BCUT2D eigenvalue weighted by atomic mass is 35.5. The fourth-order valence-corrected chi connectivity index (χ4v) is 2.12. The molecule has 0 aromatic heterocycles. The summed E-state index contributed by atoms with van der Waals surface area (Å²) in [7, 11) is 1.46. The molecule has 0 fully saturated rings. The van der Waals surface area contributed by atoms with Crippen LogP contribution in [0, 0.1) is 11.6 Å². The maximum atomic E-state index is 13.6. The van der Waals surface area contributed by atoms with Gasteiger partial charge in [0.05, 0.1) is 7.11 Å². The van der Waals surface area contributed by atoms with E-state index in [1.807, 2.05) is 0 Å². The Morgan fingerprint density at radius 1 is 1.14 bits per heavy atom. The zero-order valence-corrected chi connectivity index (χ0v) is 12.1. The van der Waals surface area contributed by atoms with Gasteiger partial charge in [-0.2, -0.15) is 0 Å². The Morgan fingerprint density at radius 3 is 2.57 bits per heavy atom.